The Balaban J connectivity index is 2.92. The van der Waals surface area contributed by atoms with Crippen LogP contribution in [0.1, 0.15) is 13.3 Å². The van der Waals surface area contributed by atoms with Crippen LogP contribution < -0.4 is 11.1 Å². The molecule has 0 aromatic heterocycles. The first-order valence-corrected chi connectivity index (χ1v) is 5.52. The zero-order valence-corrected chi connectivity index (χ0v) is 10.0. The zero-order valence-electron chi connectivity index (χ0n) is 9.27. The standard InChI is InChI=1S/C11H13ClF2N2O/c1-2-6(5-15)11(17)16-10-8(12)3-7(13)4-9(10)14/h3-4,6H,2,5,15H2,1H3,(H,16,17). The van der Waals surface area contributed by atoms with E-state index in [4.69, 9.17) is 17.3 Å². The summed E-state index contributed by atoms with van der Waals surface area (Å²) in [5.41, 5.74) is 5.17. The molecule has 0 bridgehead atoms. The number of carbonyl (C=O) groups is 1. The highest BCUT2D eigenvalue weighted by molar-refractivity contribution is 6.33. The van der Waals surface area contributed by atoms with Gasteiger partial charge in [0, 0.05) is 12.6 Å². The summed E-state index contributed by atoms with van der Waals surface area (Å²) in [6, 6.07) is 1.59. The predicted molar refractivity (Wildman–Crippen MR) is 62.8 cm³/mol. The average molecular weight is 263 g/mol. The Morgan fingerprint density at radius 1 is 1.53 bits per heavy atom. The summed E-state index contributed by atoms with van der Waals surface area (Å²) in [5, 5.41) is 2.14. The van der Waals surface area contributed by atoms with Crippen LogP contribution in [0.15, 0.2) is 12.1 Å². The van der Waals surface area contributed by atoms with Crippen LogP contribution in [0.5, 0.6) is 0 Å². The Bertz CT molecular complexity index is 399. The van der Waals surface area contributed by atoms with E-state index in [1.807, 2.05) is 0 Å². The molecule has 0 aliphatic heterocycles. The SMILES string of the molecule is CCC(CN)C(=O)Nc1c(F)cc(F)cc1Cl. The van der Waals surface area contributed by atoms with E-state index in [2.05, 4.69) is 5.32 Å². The molecule has 0 saturated carbocycles. The van der Waals surface area contributed by atoms with Crippen molar-refractivity contribution in [3.8, 4) is 0 Å². The summed E-state index contributed by atoms with van der Waals surface area (Å²) in [6.07, 6.45) is 0.531. The third-order valence-corrected chi connectivity index (χ3v) is 2.70. The third-order valence-electron chi connectivity index (χ3n) is 2.40. The Labute approximate surface area is 103 Å². The molecule has 1 aromatic carbocycles. The molecule has 94 valence electrons. The second-order valence-corrected chi connectivity index (χ2v) is 3.98. The molecule has 6 heteroatoms. The second-order valence-electron chi connectivity index (χ2n) is 3.57. The number of nitrogens with one attached hydrogen (secondary N) is 1. The molecule has 1 atom stereocenters. The van der Waals surface area contributed by atoms with E-state index in [1.165, 1.54) is 0 Å². The Morgan fingerprint density at radius 3 is 2.65 bits per heavy atom. The number of halogens is 3. The maximum atomic E-state index is 13.4. The topological polar surface area (TPSA) is 55.1 Å². The molecule has 0 saturated heterocycles. The summed E-state index contributed by atoms with van der Waals surface area (Å²) in [6.45, 7) is 1.95. The van der Waals surface area contributed by atoms with E-state index in [1.54, 1.807) is 6.92 Å². The molecule has 0 radical (unpaired) electrons. The molecule has 0 aliphatic rings. The van der Waals surface area contributed by atoms with Gasteiger partial charge in [0.2, 0.25) is 5.91 Å². The smallest absolute Gasteiger partial charge is 0.228 e. The highest BCUT2D eigenvalue weighted by atomic mass is 35.5. The highest BCUT2D eigenvalue weighted by Gasteiger charge is 2.18. The lowest BCUT2D eigenvalue weighted by molar-refractivity contribution is -0.119. The van der Waals surface area contributed by atoms with Crippen molar-refractivity contribution >= 4 is 23.2 Å². The number of amides is 1. The molecular weight excluding hydrogens is 250 g/mol. The molecule has 17 heavy (non-hydrogen) atoms. The van der Waals surface area contributed by atoms with Crippen LogP contribution in [-0.2, 0) is 4.79 Å². The largest absolute Gasteiger partial charge is 0.330 e. The summed E-state index contributed by atoms with van der Waals surface area (Å²) in [4.78, 5) is 11.7. The zero-order chi connectivity index (χ0) is 13.0. The number of hydrogen-bond acceptors (Lipinski definition) is 2. The normalized spacial score (nSPS) is 12.3. The average Bonchev–Trinajstić information content (AvgIpc) is 2.25. The van der Waals surface area contributed by atoms with Gasteiger partial charge in [-0.2, -0.15) is 0 Å². The van der Waals surface area contributed by atoms with Crippen molar-refractivity contribution in [1.82, 2.24) is 0 Å². The van der Waals surface area contributed by atoms with E-state index >= 15 is 0 Å². The molecule has 0 spiro atoms. The maximum absolute atomic E-state index is 13.4. The number of benzene rings is 1. The molecule has 3 nitrogen and oxygen atoms in total. The molecule has 0 fully saturated rings. The van der Waals surface area contributed by atoms with Crippen LogP contribution in [-0.4, -0.2) is 12.5 Å². The summed E-state index contributed by atoms with van der Waals surface area (Å²) < 4.78 is 26.2. The van der Waals surface area contributed by atoms with Gasteiger partial charge in [-0.1, -0.05) is 18.5 Å². The van der Waals surface area contributed by atoms with E-state index in [0.717, 1.165) is 6.07 Å². The minimum Gasteiger partial charge on any atom is -0.330 e. The molecule has 1 rings (SSSR count). The van der Waals surface area contributed by atoms with Crippen molar-refractivity contribution in [3.05, 3.63) is 28.8 Å². The second kappa shape index (κ2) is 5.93. The highest BCUT2D eigenvalue weighted by Crippen LogP contribution is 2.26. The van der Waals surface area contributed by atoms with Crippen molar-refractivity contribution in [2.45, 2.75) is 13.3 Å². The first-order valence-electron chi connectivity index (χ1n) is 5.15. The molecule has 1 amide bonds. The fraction of sp³-hybridized carbons (Fsp3) is 0.364. The van der Waals surface area contributed by atoms with Gasteiger partial charge in [0.25, 0.3) is 0 Å². The maximum Gasteiger partial charge on any atom is 0.228 e. The van der Waals surface area contributed by atoms with Crippen molar-refractivity contribution in [3.63, 3.8) is 0 Å². The Hall–Kier alpha value is -1.20. The Kier molecular flexibility index (Phi) is 4.84. The molecule has 3 N–H and O–H groups in total. The van der Waals surface area contributed by atoms with Crippen molar-refractivity contribution < 1.29 is 13.6 Å². The van der Waals surface area contributed by atoms with Gasteiger partial charge in [-0.05, 0) is 12.5 Å². The summed E-state index contributed by atoms with van der Waals surface area (Å²) in [7, 11) is 0. The van der Waals surface area contributed by atoms with Gasteiger partial charge in [0.15, 0.2) is 5.82 Å². The monoisotopic (exact) mass is 262 g/mol. The number of hydrogen-bond donors (Lipinski definition) is 2. The predicted octanol–water partition coefficient (Wildman–Crippen LogP) is 2.54. The van der Waals surface area contributed by atoms with Gasteiger partial charge >= 0.3 is 0 Å². The fourth-order valence-electron chi connectivity index (χ4n) is 1.35. The Morgan fingerprint density at radius 2 is 2.18 bits per heavy atom. The third kappa shape index (κ3) is 3.38. The fourth-order valence-corrected chi connectivity index (χ4v) is 1.59. The number of rotatable bonds is 4. The molecular formula is C11H13ClF2N2O. The van der Waals surface area contributed by atoms with Crippen LogP contribution in [0, 0.1) is 17.6 Å². The van der Waals surface area contributed by atoms with Crippen LogP contribution >= 0.6 is 11.6 Å². The minimum absolute atomic E-state index is 0.156. The van der Waals surface area contributed by atoms with Crippen molar-refractivity contribution in [2.75, 3.05) is 11.9 Å². The summed E-state index contributed by atoms with van der Waals surface area (Å²) in [5.74, 6) is -2.55. The molecule has 1 unspecified atom stereocenters. The van der Waals surface area contributed by atoms with Gasteiger partial charge in [0.05, 0.1) is 16.6 Å². The number of anilines is 1. The molecule has 1 aromatic rings. The lowest BCUT2D eigenvalue weighted by Gasteiger charge is -2.14. The van der Waals surface area contributed by atoms with Gasteiger partial charge in [0.1, 0.15) is 5.82 Å². The lowest BCUT2D eigenvalue weighted by Crippen LogP contribution is -2.29. The number of nitrogens with two attached hydrogens (primary N) is 1. The van der Waals surface area contributed by atoms with Gasteiger partial charge < -0.3 is 11.1 Å². The van der Waals surface area contributed by atoms with E-state index in [9.17, 15) is 13.6 Å². The quantitative estimate of drug-likeness (QED) is 0.876. The van der Waals surface area contributed by atoms with E-state index in [-0.39, 0.29) is 17.3 Å². The van der Waals surface area contributed by atoms with Crippen LogP contribution in [0.2, 0.25) is 5.02 Å². The van der Waals surface area contributed by atoms with Gasteiger partial charge in [-0.15, -0.1) is 0 Å². The van der Waals surface area contributed by atoms with E-state index < -0.39 is 23.5 Å². The lowest BCUT2D eigenvalue weighted by atomic mass is 10.1. The van der Waals surface area contributed by atoms with Crippen LogP contribution in [0.4, 0.5) is 14.5 Å². The summed E-state index contributed by atoms with van der Waals surface area (Å²) >= 11 is 5.64. The molecule has 0 aliphatic carbocycles. The van der Waals surface area contributed by atoms with Crippen molar-refractivity contribution in [2.24, 2.45) is 11.7 Å². The molecule has 0 heterocycles. The van der Waals surface area contributed by atoms with Crippen molar-refractivity contribution in [1.29, 1.82) is 0 Å². The van der Waals surface area contributed by atoms with Gasteiger partial charge in [-0.25, -0.2) is 8.78 Å². The first-order chi connectivity index (χ1) is 7.99. The van der Waals surface area contributed by atoms with Crippen LogP contribution in [0.25, 0.3) is 0 Å². The first kappa shape index (κ1) is 13.9. The van der Waals surface area contributed by atoms with Crippen LogP contribution in [0.3, 0.4) is 0 Å². The number of carbonyl (C=O) groups excluding carboxylic acids is 1. The minimum atomic E-state index is -0.907. The van der Waals surface area contributed by atoms with Gasteiger partial charge in [-0.3, -0.25) is 4.79 Å². The van der Waals surface area contributed by atoms with E-state index in [0.29, 0.717) is 12.5 Å².